The van der Waals surface area contributed by atoms with Crippen molar-refractivity contribution in [3.05, 3.63) is 12.2 Å². The summed E-state index contributed by atoms with van der Waals surface area (Å²) in [5, 5.41) is 0. The maximum absolute atomic E-state index is 12.8. The van der Waals surface area contributed by atoms with Crippen LogP contribution in [0.2, 0.25) is 0 Å². The minimum absolute atomic E-state index is 0.00601. The van der Waals surface area contributed by atoms with Crippen LogP contribution in [0.15, 0.2) is 12.2 Å². The first-order valence-electron chi connectivity index (χ1n) is 8.90. The number of ether oxygens (including phenoxy) is 2. The van der Waals surface area contributed by atoms with Gasteiger partial charge in [-0.2, -0.15) is 0 Å². The maximum Gasteiger partial charge on any atom is 0.305 e. The van der Waals surface area contributed by atoms with Crippen LogP contribution in [0.1, 0.15) is 52.9 Å². The standard InChI is InChI=1S/C19H26O4/c1-4-22-15(21)6-7-17(2)14(20)5-8-19-10-12-9-13(16(17)19)23-18(12,3)11-19/h5,8,12-13,16H,4,6-7,9-11H2,1-3H3/t12?,13?,16?,17-,18?,19?/m1/s1. The Kier molecular flexibility index (Phi) is 3.13. The second-order valence-corrected chi connectivity index (χ2v) is 8.41. The van der Waals surface area contributed by atoms with E-state index in [0.717, 1.165) is 19.3 Å². The topological polar surface area (TPSA) is 52.6 Å². The number of ketones is 1. The molecule has 2 heterocycles. The molecule has 4 bridgehead atoms. The van der Waals surface area contributed by atoms with Gasteiger partial charge in [0, 0.05) is 17.8 Å². The molecule has 0 N–H and O–H groups in total. The second kappa shape index (κ2) is 4.69. The molecule has 4 fully saturated rings. The van der Waals surface area contributed by atoms with Gasteiger partial charge in [-0.15, -0.1) is 0 Å². The second-order valence-electron chi connectivity index (χ2n) is 8.41. The van der Waals surface area contributed by atoms with Gasteiger partial charge < -0.3 is 9.47 Å². The summed E-state index contributed by atoms with van der Waals surface area (Å²) >= 11 is 0. The molecule has 0 amide bonds. The fourth-order valence-electron chi connectivity index (χ4n) is 6.24. The van der Waals surface area contributed by atoms with Crippen LogP contribution in [-0.2, 0) is 19.1 Å². The molecule has 23 heavy (non-hydrogen) atoms. The number of rotatable bonds is 4. The smallest absolute Gasteiger partial charge is 0.305 e. The van der Waals surface area contributed by atoms with Gasteiger partial charge in [0.15, 0.2) is 5.78 Å². The van der Waals surface area contributed by atoms with Crippen molar-refractivity contribution in [2.45, 2.75) is 64.6 Å². The Balaban J connectivity index is 1.64. The fraction of sp³-hybridized carbons (Fsp3) is 0.789. The Morgan fingerprint density at radius 1 is 1.43 bits per heavy atom. The molecule has 6 atom stereocenters. The number of allylic oxidation sites excluding steroid dienone is 2. The van der Waals surface area contributed by atoms with Crippen molar-refractivity contribution in [3.8, 4) is 0 Å². The largest absolute Gasteiger partial charge is 0.466 e. The number of hydrogen-bond donors (Lipinski definition) is 0. The Morgan fingerprint density at radius 2 is 2.22 bits per heavy atom. The van der Waals surface area contributed by atoms with E-state index in [1.165, 1.54) is 0 Å². The first kappa shape index (κ1) is 15.4. The molecule has 3 aliphatic carbocycles. The molecule has 5 unspecified atom stereocenters. The molecule has 2 saturated carbocycles. The van der Waals surface area contributed by atoms with Crippen molar-refractivity contribution in [2.24, 2.45) is 22.7 Å². The highest BCUT2D eigenvalue weighted by Gasteiger charge is 2.71. The molecule has 0 aromatic carbocycles. The maximum atomic E-state index is 12.8. The predicted octanol–water partition coefficient (Wildman–Crippen LogP) is 3.05. The van der Waals surface area contributed by atoms with Gasteiger partial charge >= 0.3 is 5.97 Å². The van der Waals surface area contributed by atoms with Gasteiger partial charge in [0.1, 0.15) is 0 Å². The van der Waals surface area contributed by atoms with E-state index in [9.17, 15) is 9.59 Å². The van der Waals surface area contributed by atoms with E-state index < -0.39 is 5.41 Å². The Morgan fingerprint density at radius 3 is 2.91 bits per heavy atom. The van der Waals surface area contributed by atoms with Crippen LogP contribution >= 0.6 is 0 Å². The first-order chi connectivity index (χ1) is 10.8. The molecule has 1 spiro atoms. The average Bonchev–Trinajstić information content (AvgIpc) is 2.84. The third-order valence-corrected chi connectivity index (χ3v) is 7.07. The lowest BCUT2D eigenvalue weighted by atomic mass is 9.51. The highest BCUT2D eigenvalue weighted by atomic mass is 16.5. The van der Waals surface area contributed by atoms with Crippen LogP contribution in [0.3, 0.4) is 0 Å². The van der Waals surface area contributed by atoms with Crippen LogP contribution in [0, 0.1) is 22.7 Å². The zero-order valence-electron chi connectivity index (χ0n) is 14.3. The van der Waals surface area contributed by atoms with E-state index in [2.05, 4.69) is 13.0 Å². The lowest BCUT2D eigenvalue weighted by Crippen LogP contribution is -2.56. The van der Waals surface area contributed by atoms with Crippen LogP contribution in [0.5, 0.6) is 0 Å². The Bertz CT molecular complexity index is 596. The van der Waals surface area contributed by atoms with Gasteiger partial charge in [-0.1, -0.05) is 13.0 Å². The Hall–Kier alpha value is -1.16. The molecule has 0 radical (unpaired) electrons. The molecule has 5 rings (SSSR count). The summed E-state index contributed by atoms with van der Waals surface area (Å²) in [7, 11) is 0. The van der Waals surface area contributed by atoms with E-state index in [0.29, 0.717) is 25.4 Å². The lowest BCUT2D eigenvalue weighted by Gasteiger charge is -2.55. The highest BCUT2D eigenvalue weighted by Crippen LogP contribution is 2.71. The van der Waals surface area contributed by atoms with Gasteiger partial charge in [-0.25, -0.2) is 0 Å². The summed E-state index contributed by atoms with van der Waals surface area (Å²) in [6.07, 6.45) is 8.21. The zero-order chi connectivity index (χ0) is 16.5. The number of carbonyl (C=O) groups excluding carboxylic acids is 2. The Labute approximate surface area is 137 Å². The molecule has 4 nitrogen and oxygen atoms in total. The monoisotopic (exact) mass is 318 g/mol. The summed E-state index contributed by atoms with van der Waals surface area (Å²) in [5.74, 6) is 0.772. The van der Waals surface area contributed by atoms with Crippen molar-refractivity contribution >= 4 is 11.8 Å². The summed E-state index contributed by atoms with van der Waals surface area (Å²) < 4.78 is 11.5. The van der Waals surface area contributed by atoms with Crippen LogP contribution < -0.4 is 0 Å². The number of esters is 1. The molecule has 4 heteroatoms. The molecule has 5 aliphatic rings. The molecule has 0 aromatic rings. The van der Waals surface area contributed by atoms with E-state index in [-0.39, 0.29) is 34.8 Å². The van der Waals surface area contributed by atoms with Crippen molar-refractivity contribution in [3.63, 3.8) is 0 Å². The third-order valence-electron chi connectivity index (χ3n) is 7.07. The van der Waals surface area contributed by atoms with E-state index >= 15 is 0 Å². The quantitative estimate of drug-likeness (QED) is 0.748. The SMILES string of the molecule is CCOC(=O)CC[C@]1(C)C(=O)C=CC23CC4CC(OC4(C)C2)C31. The molecule has 0 aromatic heterocycles. The average molecular weight is 318 g/mol. The molecular weight excluding hydrogens is 292 g/mol. The van der Waals surface area contributed by atoms with E-state index in [4.69, 9.17) is 9.47 Å². The van der Waals surface area contributed by atoms with Gasteiger partial charge in [-0.05, 0) is 56.9 Å². The van der Waals surface area contributed by atoms with Gasteiger partial charge in [0.2, 0.25) is 0 Å². The normalized spacial score (nSPS) is 49.5. The molecule has 126 valence electrons. The van der Waals surface area contributed by atoms with Crippen LogP contribution in [-0.4, -0.2) is 30.1 Å². The predicted molar refractivity (Wildman–Crippen MR) is 84.7 cm³/mol. The van der Waals surface area contributed by atoms with Crippen molar-refractivity contribution in [1.29, 1.82) is 0 Å². The number of carbonyl (C=O) groups is 2. The van der Waals surface area contributed by atoms with Crippen molar-refractivity contribution in [2.75, 3.05) is 6.61 Å². The molecule has 2 saturated heterocycles. The molecular formula is C19H26O4. The van der Waals surface area contributed by atoms with Gasteiger partial charge in [0.25, 0.3) is 0 Å². The third kappa shape index (κ3) is 1.93. The minimum Gasteiger partial charge on any atom is -0.466 e. The lowest BCUT2D eigenvalue weighted by molar-refractivity contribution is -0.170. The minimum atomic E-state index is -0.511. The van der Waals surface area contributed by atoms with Crippen LogP contribution in [0.4, 0.5) is 0 Å². The summed E-state index contributed by atoms with van der Waals surface area (Å²) in [6.45, 7) is 6.49. The van der Waals surface area contributed by atoms with Gasteiger partial charge in [0.05, 0.1) is 18.3 Å². The number of hydrogen-bond acceptors (Lipinski definition) is 4. The fourth-order valence-corrected chi connectivity index (χ4v) is 6.24. The summed E-state index contributed by atoms with van der Waals surface area (Å²) in [4.78, 5) is 24.6. The highest BCUT2D eigenvalue weighted by molar-refractivity contribution is 5.96. The van der Waals surface area contributed by atoms with Gasteiger partial charge in [-0.3, -0.25) is 9.59 Å². The van der Waals surface area contributed by atoms with Crippen LogP contribution in [0.25, 0.3) is 0 Å². The zero-order valence-corrected chi connectivity index (χ0v) is 14.3. The van der Waals surface area contributed by atoms with E-state index in [1.807, 2.05) is 13.8 Å². The van der Waals surface area contributed by atoms with Crippen molar-refractivity contribution < 1.29 is 19.1 Å². The summed E-state index contributed by atoms with van der Waals surface area (Å²) in [5.41, 5.74) is -0.422. The molecule has 2 aliphatic heterocycles. The van der Waals surface area contributed by atoms with Crippen molar-refractivity contribution in [1.82, 2.24) is 0 Å². The first-order valence-corrected chi connectivity index (χ1v) is 8.90. The van der Waals surface area contributed by atoms with E-state index in [1.54, 1.807) is 6.08 Å². The summed E-state index contributed by atoms with van der Waals surface area (Å²) in [6, 6.07) is 0.